The fourth-order valence-corrected chi connectivity index (χ4v) is 4.43. The highest BCUT2D eigenvalue weighted by molar-refractivity contribution is 9.10. The van der Waals surface area contributed by atoms with Gasteiger partial charge in [0.1, 0.15) is 5.82 Å². The van der Waals surface area contributed by atoms with Gasteiger partial charge in [0.15, 0.2) is 0 Å². The van der Waals surface area contributed by atoms with E-state index in [-0.39, 0.29) is 21.8 Å². The third kappa shape index (κ3) is 5.49. The number of hydrogen-bond acceptors (Lipinski definition) is 3. The molecule has 0 spiro atoms. The van der Waals surface area contributed by atoms with Crippen molar-refractivity contribution in [2.24, 2.45) is 5.92 Å². The van der Waals surface area contributed by atoms with Crippen LogP contribution in [0, 0.1) is 11.7 Å². The number of hydrogen-bond donors (Lipinski definition) is 2. The molecule has 8 heteroatoms. The minimum Gasteiger partial charge on any atom is -0.316 e. The van der Waals surface area contributed by atoms with Crippen LogP contribution in [0.3, 0.4) is 0 Å². The van der Waals surface area contributed by atoms with Gasteiger partial charge >= 0.3 is 0 Å². The fraction of sp³-hybridized carbons (Fsp3) is 0.538. The van der Waals surface area contributed by atoms with Gasteiger partial charge in [0.2, 0.25) is 10.0 Å². The highest BCUT2D eigenvalue weighted by Gasteiger charge is 2.19. The molecule has 21 heavy (non-hydrogen) atoms. The van der Waals surface area contributed by atoms with Gasteiger partial charge < -0.3 is 5.32 Å². The first-order chi connectivity index (χ1) is 9.49. The molecule has 0 saturated carbocycles. The summed E-state index contributed by atoms with van der Waals surface area (Å²) in [5.74, 6) is 0.0483. The molecule has 1 saturated heterocycles. The van der Waals surface area contributed by atoms with Crippen molar-refractivity contribution in [1.82, 2.24) is 10.0 Å². The van der Waals surface area contributed by atoms with Crippen molar-refractivity contribution in [3.05, 3.63) is 28.5 Å². The summed E-state index contributed by atoms with van der Waals surface area (Å²) in [5, 5.41) is 3.30. The third-order valence-electron chi connectivity index (χ3n) is 3.43. The molecule has 1 fully saturated rings. The number of sulfonamides is 1. The predicted octanol–water partition coefficient (Wildman–Crippen LogP) is 2.68. The van der Waals surface area contributed by atoms with Gasteiger partial charge in [-0.2, -0.15) is 0 Å². The van der Waals surface area contributed by atoms with E-state index in [0.717, 1.165) is 44.5 Å². The Balaban J connectivity index is 0.00000220. The predicted molar refractivity (Wildman–Crippen MR) is 86.7 cm³/mol. The molecule has 2 rings (SSSR count). The number of nitrogens with one attached hydrogen (secondary N) is 2. The lowest BCUT2D eigenvalue weighted by Gasteiger charge is -2.22. The molecule has 0 aliphatic carbocycles. The van der Waals surface area contributed by atoms with Crippen LogP contribution in [-0.4, -0.2) is 28.1 Å². The van der Waals surface area contributed by atoms with Gasteiger partial charge in [-0.05, 0) is 72.4 Å². The lowest BCUT2D eigenvalue weighted by molar-refractivity contribution is 0.358. The molecule has 1 aliphatic rings. The number of rotatable bonds is 5. The molecule has 1 aliphatic heterocycles. The van der Waals surface area contributed by atoms with Crippen LogP contribution in [0.15, 0.2) is 27.6 Å². The molecule has 1 aromatic rings. The first-order valence-corrected chi connectivity index (χ1v) is 8.92. The Morgan fingerprint density at radius 3 is 2.81 bits per heavy atom. The van der Waals surface area contributed by atoms with E-state index in [1.54, 1.807) is 0 Å². The number of piperidine rings is 1. The van der Waals surface area contributed by atoms with E-state index in [9.17, 15) is 12.8 Å². The Kier molecular flexibility index (Phi) is 7.56. The summed E-state index contributed by atoms with van der Waals surface area (Å²) in [7, 11) is -3.59. The zero-order valence-corrected chi connectivity index (χ0v) is 14.7. The summed E-state index contributed by atoms with van der Waals surface area (Å²) in [4.78, 5) is 0.0701. The second-order valence-electron chi connectivity index (χ2n) is 4.97. The first kappa shape index (κ1) is 18.8. The zero-order valence-electron chi connectivity index (χ0n) is 11.4. The second kappa shape index (κ2) is 8.43. The van der Waals surface area contributed by atoms with Crippen molar-refractivity contribution in [1.29, 1.82) is 0 Å². The molecule has 120 valence electrons. The minimum absolute atomic E-state index is 0. The first-order valence-electron chi connectivity index (χ1n) is 6.64. The molecule has 1 aromatic carbocycles. The summed E-state index contributed by atoms with van der Waals surface area (Å²) >= 11 is 3.08. The van der Waals surface area contributed by atoms with Crippen LogP contribution in [-0.2, 0) is 10.0 Å². The summed E-state index contributed by atoms with van der Waals surface area (Å²) in [5.41, 5.74) is 0. The average Bonchev–Trinajstić information content (AvgIpc) is 2.39. The van der Waals surface area contributed by atoms with Crippen LogP contribution in [0.4, 0.5) is 4.39 Å². The van der Waals surface area contributed by atoms with E-state index >= 15 is 0 Å². The van der Waals surface area contributed by atoms with E-state index in [1.807, 2.05) is 0 Å². The molecule has 0 bridgehead atoms. The fourth-order valence-electron chi connectivity index (χ4n) is 2.34. The van der Waals surface area contributed by atoms with E-state index in [1.165, 1.54) is 6.07 Å². The maximum atomic E-state index is 13.0. The lowest BCUT2D eigenvalue weighted by Crippen LogP contribution is -2.33. The van der Waals surface area contributed by atoms with Crippen molar-refractivity contribution in [2.45, 2.75) is 24.2 Å². The standard InChI is InChI=1S/C13H18BrFN2O2S.ClH/c14-12-8-11(15)3-4-13(12)20(18,19)17-7-5-10-2-1-6-16-9-10;/h3-4,8,10,16-17H,1-2,5-7,9H2;1H. The molecule has 4 nitrogen and oxygen atoms in total. The van der Waals surface area contributed by atoms with Gasteiger partial charge in [0, 0.05) is 11.0 Å². The SMILES string of the molecule is Cl.O=S(=O)(NCCC1CCCNC1)c1ccc(F)cc1Br. The van der Waals surface area contributed by atoms with Crippen molar-refractivity contribution in [3.63, 3.8) is 0 Å². The Morgan fingerprint density at radius 2 is 2.19 bits per heavy atom. The van der Waals surface area contributed by atoms with Crippen LogP contribution in [0.2, 0.25) is 0 Å². The average molecular weight is 402 g/mol. The van der Waals surface area contributed by atoms with E-state index in [4.69, 9.17) is 0 Å². The summed E-state index contributed by atoms with van der Waals surface area (Å²) in [6.45, 7) is 2.39. The summed E-state index contributed by atoms with van der Waals surface area (Å²) < 4.78 is 40.0. The molecule has 2 N–H and O–H groups in total. The van der Waals surface area contributed by atoms with E-state index in [2.05, 4.69) is 26.0 Å². The van der Waals surface area contributed by atoms with Gasteiger partial charge in [-0.25, -0.2) is 17.5 Å². The van der Waals surface area contributed by atoms with E-state index in [0.29, 0.717) is 12.5 Å². The molecule has 0 amide bonds. The Labute approximate surface area is 139 Å². The van der Waals surface area contributed by atoms with Gasteiger partial charge in [-0.3, -0.25) is 0 Å². The normalized spacial score (nSPS) is 19.0. The maximum absolute atomic E-state index is 13.0. The van der Waals surface area contributed by atoms with Crippen molar-refractivity contribution < 1.29 is 12.8 Å². The van der Waals surface area contributed by atoms with Crippen LogP contribution in [0.25, 0.3) is 0 Å². The zero-order chi connectivity index (χ0) is 14.6. The Bertz CT molecular complexity index is 565. The molecule has 0 aromatic heterocycles. The van der Waals surface area contributed by atoms with Crippen LogP contribution < -0.4 is 10.0 Å². The van der Waals surface area contributed by atoms with Gasteiger partial charge in [0.05, 0.1) is 4.90 Å². The third-order valence-corrected chi connectivity index (χ3v) is 5.86. The van der Waals surface area contributed by atoms with E-state index < -0.39 is 15.8 Å². The molecule has 1 heterocycles. The molecular formula is C13H19BrClFN2O2S. The number of halogens is 3. The highest BCUT2D eigenvalue weighted by Crippen LogP contribution is 2.22. The Morgan fingerprint density at radius 1 is 1.43 bits per heavy atom. The molecule has 1 atom stereocenters. The second-order valence-corrected chi connectivity index (χ2v) is 7.56. The lowest BCUT2D eigenvalue weighted by atomic mass is 9.96. The Hall–Kier alpha value is -0.210. The van der Waals surface area contributed by atoms with Gasteiger partial charge in [-0.15, -0.1) is 12.4 Å². The van der Waals surface area contributed by atoms with Crippen molar-refractivity contribution in [2.75, 3.05) is 19.6 Å². The van der Waals surface area contributed by atoms with Crippen LogP contribution >= 0.6 is 28.3 Å². The molecule has 1 unspecified atom stereocenters. The largest absolute Gasteiger partial charge is 0.316 e. The van der Waals surface area contributed by atoms with Crippen molar-refractivity contribution in [3.8, 4) is 0 Å². The van der Waals surface area contributed by atoms with Gasteiger partial charge in [-0.1, -0.05) is 0 Å². The molecule has 0 radical (unpaired) electrons. The van der Waals surface area contributed by atoms with Crippen LogP contribution in [0.1, 0.15) is 19.3 Å². The highest BCUT2D eigenvalue weighted by atomic mass is 79.9. The summed E-state index contributed by atoms with van der Waals surface area (Å²) in [6, 6.07) is 3.56. The summed E-state index contributed by atoms with van der Waals surface area (Å²) in [6.07, 6.45) is 3.08. The van der Waals surface area contributed by atoms with Crippen LogP contribution in [0.5, 0.6) is 0 Å². The molecular weight excluding hydrogens is 383 g/mol. The monoisotopic (exact) mass is 400 g/mol. The number of benzene rings is 1. The van der Waals surface area contributed by atoms with Gasteiger partial charge in [0.25, 0.3) is 0 Å². The topological polar surface area (TPSA) is 58.2 Å². The quantitative estimate of drug-likeness (QED) is 0.797. The smallest absolute Gasteiger partial charge is 0.241 e. The minimum atomic E-state index is -3.59. The van der Waals surface area contributed by atoms with Crippen molar-refractivity contribution >= 4 is 38.4 Å². The maximum Gasteiger partial charge on any atom is 0.241 e.